The summed E-state index contributed by atoms with van der Waals surface area (Å²) in [5, 5.41) is 0. The van der Waals surface area contributed by atoms with Crippen LogP contribution in [0.2, 0.25) is 0 Å². The maximum Gasteiger partial charge on any atom is 0.310 e. The molecule has 39 heavy (non-hydrogen) atoms. The van der Waals surface area contributed by atoms with Gasteiger partial charge in [-0.05, 0) is 79.1 Å². The van der Waals surface area contributed by atoms with Crippen molar-refractivity contribution in [3.8, 4) is 11.5 Å². The molecule has 2 aliphatic carbocycles. The molecule has 0 amide bonds. The number of ketones is 1. The Labute approximate surface area is 237 Å². The van der Waals surface area contributed by atoms with Crippen molar-refractivity contribution in [2.24, 2.45) is 16.7 Å². The van der Waals surface area contributed by atoms with E-state index in [1.54, 1.807) is 36.0 Å². The molecule has 2 saturated carbocycles. The van der Waals surface area contributed by atoms with Crippen molar-refractivity contribution < 1.29 is 22.1 Å². The van der Waals surface area contributed by atoms with Crippen LogP contribution in [-0.4, -0.2) is 26.6 Å². The lowest BCUT2D eigenvalue weighted by molar-refractivity contribution is -0.128. The number of carbonyl (C=O) groups excluding carboxylic acids is 1. The molecule has 5 rings (SSSR count). The van der Waals surface area contributed by atoms with Crippen LogP contribution in [0.4, 0.5) is 0 Å². The fourth-order valence-corrected chi connectivity index (χ4v) is 8.23. The summed E-state index contributed by atoms with van der Waals surface area (Å²) in [6.07, 6.45) is 4.07. The SMILES string of the molecule is CCCCOc1ccc(OS(=O)(=O)CC23CCC(CC2=O)C3(C)C)cc1.c1ccc(Sc2ccccc2)cc1. The predicted molar refractivity (Wildman–Crippen MR) is 157 cm³/mol. The minimum absolute atomic E-state index is 0.0746. The van der Waals surface area contributed by atoms with E-state index in [4.69, 9.17) is 8.92 Å². The van der Waals surface area contributed by atoms with Crippen molar-refractivity contribution in [3.63, 3.8) is 0 Å². The molecule has 208 valence electrons. The fourth-order valence-electron chi connectivity index (χ4n) is 5.62. The van der Waals surface area contributed by atoms with E-state index in [1.807, 2.05) is 26.0 Å². The lowest BCUT2D eigenvalue weighted by Crippen LogP contribution is -2.43. The number of hydrogen-bond donors (Lipinski definition) is 0. The van der Waals surface area contributed by atoms with Crippen LogP contribution in [0, 0.1) is 16.7 Å². The summed E-state index contributed by atoms with van der Waals surface area (Å²) in [6.45, 7) is 6.77. The Bertz CT molecular complexity index is 1280. The quantitative estimate of drug-likeness (QED) is 0.184. The highest BCUT2D eigenvalue weighted by Crippen LogP contribution is 2.64. The van der Waals surface area contributed by atoms with Crippen LogP contribution in [0.5, 0.6) is 11.5 Å². The number of benzene rings is 3. The monoisotopic (exact) mass is 566 g/mol. The van der Waals surface area contributed by atoms with E-state index in [0.29, 0.717) is 25.2 Å². The zero-order chi connectivity index (χ0) is 27.9. The number of rotatable bonds is 10. The van der Waals surface area contributed by atoms with Crippen molar-refractivity contribution in [2.75, 3.05) is 12.4 Å². The Morgan fingerprint density at radius 2 is 1.44 bits per heavy atom. The second kappa shape index (κ2) is 12.6. The molecule has 0 aliphatic heterocycles. The Morgan fingerprint density at radius 1 is 0.872 bits per heavy atom. The molecular formula is C32H38O5S2. The highest BCUT2D eigenvalue weighted by Gasteiger charge is 2.65. The van der Waals surface area contributed by atoms with Crippen molar-refractivity contribution in [3.05, 3.63) is 84.9 Å². The van der Waals surface area contributed by atoms with E-state index in [1.165, 1.54) is 9.79 Å². The maximum atomic E-state index is 12.7. The number of ether oxygens (including phenoxy) is 1. The fraction of sp³-hybridized carbons (Fsp3) is 0.406. The van der Waals surface area contributed by atoms with E-state index in [0.717, 1.165) is 19.3 Å². The second-order valence-corrected chi connectivity index (χ2v) is 13.6. The average molecular weight is 567 g/mol. The summed E-state index contributed by atoms with van der Waals surface area (Å²) < 4.78 is 36.2. The molecule has 2 aliphatic rings. The first kappa shape index (κ1) is 29.2. The van der Waals surface area contributed by atoms with Gasteiger partial charge in [0.25, 0.3) is 0 Å². The lowest BCUT2D eigenvalue weighted by Gasteiger charge is -2.35. The normalized spacial score (nSPS) is 21.2. The lowest BCUT2D eigenvalue weighted by atomic mass is 9.70. The first-order chi connectivity index (χ1) is 18.6. The van der Waals surface area contributed by atoms with Crippen molar-refractivity contribution in [2.45, 2.75) is 62.7 Å². The van der Waals surface area contributed by atoms with E-state index in [9.17, 15) is 13.2 Å². The number of unbranched alkanes of at least 4 members (excludes halogenated alkanes) is 1. The average Bonchev–Trinajstić information content (AvgIpc) is 3.25. The summed E-state index contributed by atoms with van der Waals surface area (Å²) in [5.74, 6) is 1.06. The molecule has 7 heteroatoms. The molecule has 3 aromatic carbocycles. The molecule has 2 fully saturated rings. The number of fused-ring (bicyclic) bond motifs is 2. The molecule has 0 radical (unpaired) electrons. The third-order valence-electron chi connectivity index (χ3n) is 8.10. The van der Waals surface area contributed by atoms with Gasteiger partial charge in [-0.1, -0.05) is 75.4 Å². The third kappa shape index (κ3) is 7.06. The van der Waals surface area contributed by atoms with Gasteiger partial charge in [0, 0.05) is 16.2 Å². The first-order valence-electron chi connectivity index (χ1n) is 13.6. The summed E-state index contributed by atoms with van der Waals surface area (Å²) in [6, 6.07) is 27.4. The predicted octanol–water partition coefficient (Wildman–Crippen LogP) is 7.81. The first-order valence-corrected chi connectivity index (χ1v) is 16.0. The van der Waals surface area contributed by atoms with Gasteiger partial charge in [-0.15, -0.1) is 0 Å². The number of Topliss-reactive ketones (excluding diaryl/α,β-unsaturated/α-hetero) is 1. The number of carbonyl (C=O) groups is 1. The standard InChI is InChI=1S/C20H28O5S.C12H10S/c1-4-5-12-24-16-6-8-17(9-7-16)25-26(22,23)14-20-11-10-15(13-18(20)21)19(20,2)3;1-3-7-11(8-4-1)13-12-9-5-2-6-10-12/h6-9,15H,4-5,10-14H2,1-3H3;1-10H. The van der Waals surface area contributed by atoms with Crippen LogP contribution >= 0.6 is 11.8 Å². The van der Waals surface area contributed by atoms with Crippen LogP contribution in [-0.2, 0) is 14.9 Å². The number of hydrogen-bond acceptors (Lipinski definition) is 6. The van der Waals surface area contributed by atoms with Gasteiger partial charge in [0.2, 0.25) is 0 Å². The topological polar surface area (TPSA) is 69.7 Å². The minimum atomic E-state index is -3.86. The third-order valence-corrected chi connectivity index (χ3v) is 10.4. The van der Waals surface area contributed by atoms with E-state index in [-0.39, 0.29) is 28.6 Å². The molecule has 0 saturated heterocycles. The van der Waals surface area contributed by atoms with Gasteiger partial charge >= 0.3 is 10.1 Å². The molecule has 2 atom stereocenters. The summed E-state index contributed by atoms with van der Waals surface area (Å²) in [7, 11) is -3.86. The van der Waals surface area contributed by atoms with Gasteiger partial charge in [-0.25, -0.2) is 0 Å². The smallest absolute Gasteiger partial charge is 0.310 e. The van der Waals surface area contributed by atoms with Crippen LogP contribution in [0.15, 0.2) is 94.7 Å². The van der Waals surface area contributed by atoms with Gasteiger partial charge in [-0.3, -0.25) is 4.79 Å². The molecule has 5 nitrogen and oxygen atoms in total. The zero-order valence-corrected chi connectivity index (χ0v) is 24.6. The Hall–Kier alpha value is -2.77. The Kier molecular flexibility index (Phi) is 9.44. The zero-order valence-electron chi connectivity index (χ0n) is 23.0. The second-order valence-electron chi connectivity index (χ2n) is 10.9. The molecule has 0 heterocycles. The maximum absolute atomic E-state index is 12.7. The van der Waals surface area contributed by atoms with E-state index < -0.39 is 15.5 Å². The Morgan fingerprint density at radius 3 is 1.92 bits per heavy atom. The summed E-state index contributed by atoms with van der Waals surface area (Å²) in [4.78, 5) is 15.1. The van der Waals surface area contributed by atoms with Crippen molar-refractivity contribution >= 4 is 27.7 Å². The molecule has 2 unspecified atom stereocenters. The molecular weight excluding hydrogens is 528 g/mol. The van der Waals surface area contributed by atoms with Crippen LogP contribution < -0.4 is 8.92 Å². The highest BCUT2D eigenvalue weighted by molar-refractivity contribution is 7.99. The largest absolute Gasteiger partial charge is 0.494 e. The summed E-state index contributed by atoms with van der Waals surface area (Å²) in [5.41, 5.74) is -1.10. The van der Waals surface area contributed by atoms with E-state index >= 15 is 0 Å². The van der Waals surface area contributed by atoms with Gasteiger partial charge < -0.3 is 8.92 Å². The molecule has 3 aromatic rings. The van der Waals surface area contributed by atoms with Crippen LogP contribution in [0.1, 0.15) is 52.9 Å². The van der Waals surface area contributed by atoms with Crippen LogP contribution in [0.25, 0.3) is 0 Å². The van der Waals surface area contributed by atoms with Gasteiger partial charge in [0.15, 0.2) is 0 Å². The van der Waals surface area contributed by atoms with Crippen LogP contribution in [0.3, 0.4) is 0 Å². The van der Waals surface area contributed by atoms with Gasteiger partial charge in [0.05, 0.1) is 17.8 Å². The molecule has 0 aromatic heterocycles. The molecule has 2 bridgehead atoms. The molecule has 0 N–H and O–H groups in total. The Balaban J connectivity index is 0.000000226. The van der Waals surface area contributed by atoms with Gasteiger partial charge in [0.1, 0.15) is 17.3 Å². The summed E-state index contributed by atoms with van der Waals surface area (Å²) >= 11 is 1.79. The highest BCUT2D eigenvalue weighted by atomic mass is 32.2. The van der Waals surface area contributed by atoms with E-state index in [2.05, 4.69) is 55.5 Å². The minimum Gasteiger partial charge on any atom is -0.494 e. The van der Waals surface area contributed by atoms with Gasteiger partial charge in [-0.2, -0.15) is 8.42 Å². The van der Waals surface area contributed by atoms with Crippen molar-refractivity contribution in [1.82, 2.24) is 0 Å². The van der Waals surface area contributed by atoms with Crippen molar-refractivity contribution in [1.29, 1.82) is 0 Å². The molecule has 0 spiro atoms.